The van der Waals surface area contributed by atoms with Crippen molar-refractivity contribution in [1.82, 2.24) is 10.3 Å². The Bertz CT molecular complexity index is 331. The minimum absolute atomic E-state index is 0.0857. The van der Waals surface area contributed by atoms with Crippen molar-refractivity contribution in [2.24, 2.45) is 0 Å². The highest BCUT2D eigenvalue weighted by Gasteiger charge is 2.38. The number of hydrogen-bond acceptors (Lipinski definition) is 4. The summed E-state index contributed by atoms with van der Waals surface area (Å²) in [5.74, 6) is 0. The molecule has 0 bridgehead atoms. The molecule has 1 fully saturated rings. The van der Waals surface area contributed by atoms with Gasteiger partial charge in [0.15, 0.2) is 0 Å². The van der Waals surface area contributed by atoms with Gasteiger partial charge in [-0.05, 0) is 24.6 Å². The lowest BCUT2D eigenvalue weighted by atomic mass is 9.97. The fourth-order valence-electron chi connectivity index (χ4n) is 1.93. The summed E-state index contributed by atoms with van der Waals surface area (Å²) in [7, 11) is 0. The molecule has 1 saturated heterocycles. The normalized spacial score (nSPS) is 29.5. The number of aliphatic hydroxyl groups is 1. The molecule has 2 atom stereocenters. The van der Waals surface area contributed by atoms with Crippen molar-refractivity contribution in [3.8, 4) is 0 Å². The topological polar surface area (TPSA) is 54.4 Å². The molecule has 2 heterocycles. The van der Waals surface area contributed by atoms with E-state index in [2.05, 4.69) is 10.3 Å². The van der Waals surface area contributed by atoms with Gasteiger partial charge in [-0.3, -0.25) is 4.98 Å². The Balaban J connectivity index is 1.80. The standard InChI is InChI=1S/C12H18N2O2/c1-10-12(15,4-7-16-10)9-14-8-11-2-5-13-6-3-11/h2-3,5-6,10,14-15H,4,7-9H2,1H3. The van der Waals surface area contributed by atoms with E-state index in [0.717, 1.165) is 6.54 Å². The molecule has 0 saturated carbocycles. The van der Waals surface area contributed by atoms with Gasteiger partial charge in [-0.2, -0.15) is 0 Å². The lowest BCUT2D eigenvalue weighted by molar-refractivity contribution is -0.0262. The highest BCUT2D eigenvalue weighted by molar-refractivity contribution is 5.09. The second-order valence-corrected chi connectivity index (χ2v) is 4.33. The van der Waals surface area contributed by atoms with Crippen LogP contribution >= 0.6 is 0 Å². The first-order chi connectivity index (χ1) is 7.71. The Morgan fingerprint density at radius 2 is 2.31 bits per heavy atom. The molecule has 2 rings (SSSR count). The van der Waals surface area contributed by atoms with Crippen LogP contribution in [-0.2, 0) is 11.3 Å². The molecule has 16 heavy (non-hydrogen) atoms. The molecule has 1 aliphatic rings. The van der Waals surface area contributed by atoms with Crippen LogP contribution in [0.5, 0.6) is 0 Å². The summed E-state index contributed by atoms with van der Waals surface area (Å²) in [5, 5.41) is 13.5. The monoisotopic (exact) mass is 222 g/mol. The first-order valence-corrected chi connectivity index (χ1v) is 5.64. The summed E-state index contributed by atoms with van der Waals surface area (Å²) in [6.07, 6.45) is 4.16. The van der Waals surface area contributed by atoms with Crippen molar-refractivity contribution < 1.29 is 9.84 Å². The van der Waals surface area contributed by atoms with Crippen LogP contribution in [0.4, 0.5) is 0 Å². The zero-order valence-electron chi connectivity index (χ0n) is 9.52. The Morgan fingerprint density at radius 3 is 2.94 bits per heavy atom. The van der Waals surface area contributed by atoms with Crippen molar-refractivity contribution in [2.45, 2.75) is 31.6 Å². The highest BCUT2D eigenvalue weighted by Crippen LogP contribution is 2.24. The van der Waals surface area contributed by atoms with E-state index < -0.39 is 5.60 Å². The number of pyridine rings is 1. The molecule has 1 aromatic heterocycles. The molecule has 2 unspecified atom stereocenters. The van der Waals surface area contributed by atoms with E-state index >= 15 is 0 Å². The summed E-state index contributed by atoms with van der Waals surface area (Å²) in [5.41, 5.74) is 0.456. The number of ether oxygens (including phenoxy) is 1. The van der Waals surface area contributed by atoms with Crippen molar-refractivity contribution >= 4 is 0 Å². The molecule has 1 aromatic rings. The van der Waals surface area contributed by atoms with E-state index in [4.69, 9.17) is 4.74 Å². The summed E-state index contributed by atoms with van der Waals surface area (Å²) in [4.78, 5) is 3.96. The van der Waals surface area contributed by atoms with E-state index in [1.807, 2.05) is 19.1 Å². The van der Waals surface area contributed by atoms with Crippen molar-refractivity contribution in [1.29, 1.82) is 0 Å². The number of aromatic nitrogens is 1. The zero-order valence-corrected chi connectivity index (χ0v) is 9.52. The Hall–Kier alpha value is -0.970. The quantitative estimate of drug-likeness (QED) is 0.788. The molecular weight excluding hydrogens is 204 g/mol. The third kappa shape index (κ3) is 2.58. The largest absolute Gasteiger partial charge is 0.386 e. The molecule has 0 spiro atoms. The van der Waals surface area contributed by atoms with Crippen LogP contribution in [0.15, 0.2) is 24.5 Å². The highest BCUT2D eigenvalue weighted by atomic mass is 16.5. The van der Waals surface area contributed by atoms with Crippen LogP contribution in [0.2, 0.25) is 0 Å². The lowest BCUT2D eigenvalue weighted by Crippen LogP contribution is -2.45. The molecule has 0 aliphatic carbocycles. The minimum Gasteiger partial charge on any atom is -0.386 e. The smallest absolute Gasteiger partial charge is 0.105 e. The van der Waals surface area contributed by atoms with Crippen LogP contribution in [0.25, 0.3) is 0 Å². The fraction of sp³-hybridized carbons (Fsp3) is 0.583. The average Bonchev–Trinajstić information content (AvgIpc) is 2.61. The number of nitrogens with zero attached hydrogens (tertiary/aromatic N) is 1. The summed E-state index contributed by atoms with van der Waals surface area (Å²) < 4.78 is 5.37. The number of nitrogens with one attached hydrogen (secondary N) is 1. The van der Waals surface area contributed by atoms with Gasteiger partial charge in [-0.15, -0.1) is 0 Å². The Morgan fingerprint density at radius 1 is 1.56 bits per heavy atom. The third-order valence-corrected chi connectivity index (χ3v) is 3.17. The van der Waals surface area contributed by atoms with Gasteiger partial charge < -0.3 is 15.2 Å². The minimum atomic E-state index is -0.715. The first-order valence-electron chi connectivity index (χ1n) is 5.64. The molecule has 0 amide bonds. The molecule has 4 nitrogen and oxygen atoms in total. The number of rotatable bonds is 4. The van der Waals surface area contributed by atoms with Gasteiger partial charge in [0.2, 0.25) is 0 Å². The molecule has 88 valence electrons. The van der Waals surface area contributed by atoms with Gasteiger partial charge in [-0.25, -0.2) is 0 Å². The maximum atomic E-state index is 10.2. The average molecular weight is 222 g/mol. The van der Waals surface area contributed by atoms with Gasteiger partial charge >= 0.3 is 0 Å². The van der Waals surface area contributed by atoms with Crippen molar-refractivity contribution in [3.05, 3.63) is 30.1 Å². The van der Waals surface area contributed by atoms with Gasteiger partial charge in [0.05, 0.1) is 6.10 Å². The number of hydrogen-bond donors (Lipinski definition) is 2. The van der Waals surface area contributed by atoms with E-state index in [1.54, 1.807) is 12.4 Å². The molecular formula is C12H18N2O2. The fourth-order valence-corrected chi connectivity index (χ4v) is 1.93. The van der Waals surface area contributed by atoms with Crippen LogP contribution < -0.4 is 5.32 Å². The maximum Gasteiger partial charge on any atom is 0.105 e. The molecule has 0 aromatic carbocycles. The molecule has 1 aliphatic heterocycles. The molecule has 0 radical (unpaired) electrons. The van der Waals surface area contributed by atoms with Gasteiger partial charge in [-0.1, -0.05) is 0 Å². The molecule has 2 N–H and O–H groups in total. The Kier molecular flexibility index (Phi) is 3.53. The summed E-state index contributed by atoms with van der Waals surface area (Å²) in [6, 6.07) is 3.93. The van der Waals surface area contributed by atoms with Crippen LogP contribution in [0.1, 0.15) is 18.9 Å². The molecule has 4 heteroatoms. The van der Waals surface area contributed by atoms with Crippen LogP contribution in [0.3, 0.4) is 0 Å². The van der Waals surface area contributed by atoms with Gasteiger partial charge in [0.25, 0.3) is 0 Å². The SMILES string of the molecule is CC1OCCC1(O)CNCc1ccncc1. The summed E-state index contributed by atoms with van der Waals surface area (Å²) >= 11 is 0. The first kappa shape index (κ1) is 11.5. The van der Waals surface area contributed by atoms with Gasteiger partial charge in [0, 0.05) is 38.5 Å². The van der Waals surface area contributed by atoms with Crippen LogP contribution in [-0.4, -0.2) is 34.9 Å². The lowest BCUT2D eigenvalue weighted by Gasteiger charge is -2.26. The van der Waals surface area contributed by atoms with Crippen molar-refractivity contribution in [3.63, 3.8) is 0 Å². The van der Waals surface area contributed by atoms with Crippen molar-refractivity contribution in [2.75, 3.05) is 13.2 Å². The van der Waals surface area contributed by atoms with E-state index in [-0.39, 0.29) is 6.10 Å². The van der Waals surface area contributed by atoms with E-state index in [1.165, 1.54) is 5.56 Å². The zero-order chi connectivity index (χ0) is 11.4. The van der Waals surface area contributed by atoms with Gasteiger partial charge in [0.1, 0.15) is 5.60 Å². The predicted molar refractivity (Wildman–Crippen MR) is 60.9 cm³/mol. The second-order valence-electron chi connectivity index (χ2n) is 4.33. The van der Waals surface area contributed by atoms with E-state index in [0.29, 0.717) is 19.6 Å². The second kappa shape index (κ2) is 4.91. The van der Waals surface area contributed by atoms with E-state index in [9.17, 15) is 5.11 Å². The Labute approximate surface area is 95.7 Å². The van der Waals surface area contributed by atoms with Crippen LogP contribution in [0, 0.1) is 0 Å². The predicted octanol–water partition coefficient (Wildman–Crippen LogP) is 0.711. The maximum absolute atomic E-state index is 10.2. The summed E-state index contributed by atoms with van der Waals surface area (Å²) in [6.45, 7) is 3.88. The third-order valence-electron chi connectivity index (χ3n) is 3.17.